The molecule has 0 spiro atoms. The quantitative estimate of drug-likeness (QED) is 0.872. The third kappa shape index (κ3) is 4.41. The van der Waals surface area contributed by atoms with Gasteiger partial charge in [-0.3, -0.25) is 0 Å². The van der Waals surface area contributed by atoms with Crippen LogP contribution in [0.2, 0.25) is 0 Å². The number of rotatable bonds is 5. The first-order chi connectivity index (χ1) is 11.5. The molecule has 0 aliphatic carbocycles. The van der Waals surface area contributed by atoms with Crippen molar-refractivity contribution in [2.75, 3.05) is 19.7 Å². The zero-order valence-corrected chi connectivity index (χ0v) is 13.0. The molecule has 1 aliphatic heterocycles. The third-order valence-electron chi connectivity index (χ3n) is 3.89. The topological polar surface area (TPSA) is 30.5 Å². The Hall–Kier alpha value is -2.21. The van der Waals surface area contributed by atoms with Gasteiger partial charge in [0.2, 0.25) is 0 Å². The summed E-state index contributed by atoms with van der Waals surface area (Å²) in [6.45, 7) is 2.69. The molecule has 1 N–H and O–H groups in total. The maximum atomic E-state index is 12.5. The number of hydrogen-bond acceptors (Lipinski definition) is 3. The predicted molar refractivity (Wildman–Crippen MR) is 84.4 cm³/mol. The molecular formula is C18H18F3NO2. The standard InChI is InChI=1S/C18H18F3NO2/c19-18(20,21)14-1-3-16(4-2-14)24-17-7-5-15(6-8-17)23-12-13-9-10-22-11-13/h1-8,13,22H,9-12H2/t13-/m0/s1. The molecule has 2 aromatic rings. The highest BCUT2D eigenvalue weighted by Crippen LogP contribution is 2.31. The van der Waals surface area contributed by atoms with Gasteiger partial charge in [-0.25, -0.2) is 0 Å². The number of ether oxygens (including phenoxy) is 2. The maximum absolute atomic E-state index is 12.5. The van der Waals surface area contributed by atoms with Gasteiger partial charge >= 0.3 is 6.18 Å². The number of alkyl halides is 3. The Bertz CT molecular complexity index is 647. The Kier molecular flexibility index (Phi) is 4.94. The van der Waals surface area contributed by atoms with Crippen molar-refractivity contribution in [3.8, 4) is 17.2 Å². The summed E-state index contributed by atoms with van der Waals surface area (Å²) in [5.41, 5.74) is -0.694. The minimum absolute atomic E-state index is 0.355. The molecule has 128 valence electrons. The molecule has 1 saturated heterocycles. The van der Waals surface area contributed by atoms with E-state index in [4.69, 9.17) is 9.47 Å². The van der Waals surface area contributed by atoms with Gasteiger partial charge in [0.05, 0.1) is 12.2 Å². The molecule has 0 radical (unpaired) electrons. The highest BCUT2D eigenvalue weighted by Gasteiger charge is 2.30. The van der Waals surface area contributed by atoms with Crippen molar-refractivity contribution in [2.45, 2.75) is 12.6 Å². The van der Waals surface area contributed by atoms with E-state index in [2.05, 4.69) is 5.32 Å². The molecule has 0 aromatic heterocycles. The summed E-state index contributed by atoms with van der Waals surface area (Å²) in [5.74, 6) is 2.19. The van der Waals surface area contributed by atoms with Gasteiger partial charge < -0.3 is 14.8 Å². The van der Waals surface area contributed by atoms with Gasteiger partial charge in [0, 0.05) is 12.5 Å². The van der Waals surface area contributed by atoms with Crippen molar-refractivity contribution in [1.82, 2.24) is 5.32 Å². The lowest BCUT2D eigenvalue weighted by molar-refractivity contribution is -0.137. The largest absolute Gasteiger partial charge is 0.493 e. The van der Waals surface area contributed by atoms with Crippen LogP contribution in [0.15, 0.2) is 48.5 Å². The molecule has 6 heteroatoms. The second-order valence-corrected chi connectivity index (χ2v) is 5.77. The van der Waals surface area contributed by atoms with Gasteiger partial charge in [0.25, 0.3) is 0 Å². The van der Waals surface area contributed by atoms with E-state index in [-0.39, 0.29) is 0 Å². The molecule has 0 unspecified atom stereocenters. The van der Waals surface area contributed by atoms with Crippen molar-refractivity contribution < 1.29 is 22.6 Å². The molecule has 1 fully saturated rings. The Morgan fingerprint density at radius 3 is 2.04 bits per heavy atom. The summed E-state index contributed by atoms with van der Waals surface area (Å²) in [5, 5.41) is 3.29. The predicted octanol–water partition coefficient (Wildman–Crippen LogP) is 4.49. The van der Waals surface area contributed by atoms with Crippen LogP contribution in [0.4, 0.5) is 13.2 Å². The lowest BCUT2D eigenvalue weighted by atomic mass is 10.1. The average molecular weight is 337 g/mol. The minimum atomic E-state index is -4.34. The monoisotopic (exact) mass is 337 g/mol. The molecule has 3 rings (SSSR count). The fraction of sp³-hybridized carbons (Fsp3) is 0.333. The molecule has 1 heterocycles. The molecule has 0 bridgehead atoms. The van der Waals surface area contributed by atoms with Crippen molar-refractivity contribution in [3.63, 3.8) is 0 Å². The van der Waals surface area contributed by atoms with Gasteiger partial charge in [-0.2, -0.15) is 13.2 Å². The van der Waals surface area contributed by atoms with Crippen LogP contribution in [0, 0.1) is 5.92 Å². The van der Waals surface area contributed by atoms with Crippen LogP contribution in [0.25, 0.3) is 0 Å². The number of nitrogens with one attached hydrogen (secondary N) is 1. The Morgan fingerprint density at radius 1 is 0.917 bits per heavy atom. The number of benzene rings is 2. The summed E-state index contributed by atoms with van der Waals surface area (Å²) in [6, 6.07) is 11.7. The van der Waals surface area contributed by atoms with E-state index < -0.39 is 11.7 Å². The molecule has 2 aromatic carbocycles. The zero-order chi connectivity index (χ0) is 17.0. The smallest absolute Gasteiger partial charge is 0.416 e. The molecule has 1 aliphatic rings. The fourth-order valence-corrected chi connectivity index (χ4v) is 2.52. The SMILES string of the molecule is FC(F)(F)c1ccc(Oc2ccc(OC[C@H]3CCNC3)cc2)cc1. The Morgan fingerprint density at radius 2 is 1.50 bits per heavy atom. The molecule has 0 saturated carbocycles. The first-order valence-corrected chi connectivity index (χ1v) is 7.79. The van der Waals surface area contributed by atoms with Crippen molar-refractivity contribution in [3.05, 3.63) is 54.1 Å². The summed E-state index contributed by atoms with van der Waals surface area (Å²) in [4.78, 5) is 0. The van der Waals surface area contributed by atoms with Crippen LogP contribution in [0.1, 0.15) is 12.0 Å². The average Bonchev–Trinajstić information content (AvgIpc) is 3.07. The van der Waals surface area contributed by atoms with Crippen LogP contribution in [-0.2, 0) is 6.18 Å². The molecule has 1 atom stereocenters. The normalized spacial score (nSPS) is 17.7. The van der Waals surface area contributed by atoms with Gasteiger partial charge in [-0.1, -0.05) is 0 Å². The van der Waals surface area contributed by atoms with Crippen molar-refractivity contribution in [1.29, 1.82) is 0 Å². The second kappa shape index (κ2) is 7.13. The summed E-state index contributed by atoms with van der Waals surface area (Å²) in [7, 11) is 0. The van der Waals surface area contributed by atoms with Crippen LogP contribution < -0.4 is 14.8 Å². The van der Waals surface area contributed by atoms with E-state index in [1.807, 2.05) is 0 Å². The lowest BCUT2D eigenvalue weighted by Crippen LogP contribution is -2.15. The molecular weight excluding hydrogens is 319 g/mol. The number of halogens is 3. The second-order valence-electron chi connectivity index (χ2n) is 5.77. The van der Waals surface area contributed by atoms with E-state index >= 15 is 0 Å². The van der Waals surface area contributed by atoms with E-state index in [1.54, 1.807) is 24.3 Å². The third-order valence-corrected chi connectivity index (χ3v) is 3.89. The van der Waals surface area contributed by atoms with Crippen molar-refractivity contribution >= 4 is 0 Å². The Labute approximate surface area is 138 Å². The van der Waals surface area contributed by atoms with E-state index in [1.165, 1.54) is 12.1 Å². The first kappa shape index (κ1) is 16.6. The van der Waals surface area contributed by atoms with E-state index in [0.717, 1.165) is 37.4 Å². The maximum Gasteiger partial charge on any atom is 0.416 e. The van der Waals surface area contributed by atoms with Crippen LogP contribution >= 0.6 is 0 Å². The zero-order valence-electron chi connectivity index (χ0n) is 13.0. The molecule has 24 heavy (non-hydrogen) atoms. The summed E-state index contributed by atoms with van der Waals surface area (Å²) in [6.07, 6.45) is -3.22. The lowest BCUT2D eigenvalue weighted by Gasteiger charge is -2.12. The van der Waals surface area contributed by atoms with Crippen molar-refractivity contribution in [2.24, 2.45) is 5.92 Å². The van der Waals surface area contributed by atoms with E-state index in [0.29, 0.717) is 24.0 Å². The highest BCUT2D eigenvalue weighted by molar-refractivity contribution is 5.36. The summed E-state index contributed by atoms with van der Waals surface area (Å²) >= 11 is 0. The number of hydrogen-bond donors (Lipinski definition) is 1. The fourth-order valence-electron chi connectivity index (χ4n) is 2.52. The minimum Gasteiger partial charge on any atom is -0.493 e. The van der Waals surface area contributed by atoms with Crippen LogP contribution in [-0.4, -0.2) is 19.7 Å². The molecule has 0 amide bonds. The van der Waals surface area contributed by atoms with Gasteiger partial charge in [0.1, 0.15) is 17.2 Å². The van der Waals surface area contributed by atoms with Crippen LogP contribution in [0.3, 0.4) is 0 Å². The summed E-state index contributed by atoms with van der Waals surface area (Å²) < 4.78 is 48.8. The Balaban J connectivity index is 1.55. The van der Waals surface area contributed by atoms with Gasteiger partial charge in [0.15, 0.2) is 0 Å². The van der Waals surface area contributed by atoms with E-state index in [9.17, 15) is 13.2 Å². The first-order valence-electron chi connectivity index (χ1n) is 7.79. The highest BCUT2D eigenvalue weighted by atomic mass is 19.4. The van der Waals surface area contributed by atoms with Gasteiger partial charge in [-0.15, -0.1) is 0 Å². The molecule has 3 nitrogen and oxygen atoms in total. The van der Waals surface area contributed by atoms with Gasteiger partial charge in [-0.05, 0) is 61.5 Å². The van der Waals surface area contributed by atoms with Crippen LogP contribution in [0.5, 0.6) is 17.2 Å².